The minimum atomic E-state index is -0.170. The molecule has 3 rings (SSSR count). The largest absolute Gasteiger partial charge is 0.381 e. The zero-order chi connectivity index (χ0) is 13.2. The molecule has 0 aromatic heterocycles. The molecule has 2 atom stereocenters. The van der Waals surface area contributed by atoms with Crippen molar-refractivity contribution in [2.45, 2.75) is 18.4 Å². The van der Waals surface area contributed by atoms with Gasteiger partial charge in [-0.3, -0.25) is 0 Å². The van der Waals surface area contributed by atoms with Gasteiger partial charge < -0.3 is 5.32 Å². The molecular weight excluding hydrogens is 237 g/mol. The van der Waals surface area contributed by atoms with E-state index in [0.29, 0.717) is 0 Å². The first-order valence-electron chi connectivity index (χ1n) is 6.50. The number of benzene rings is 2. The summed E-state index contributed by atoms with van der Waals surface area (Å²) < 4.78 is 13.2. The Hall–Kier alpha value is -2.09. The molecule has 0 unspecified atom stereocenters. The highest BCUT2D eigenvalue weighted by Crippen LogP contribution is 2.34. The lowest BCUT2D eigenvalue weighted by molar-refractivity contribution is 0.624. The number of hydrogen-bond donors (Lipinski definition) is 1. The fraction of sp³-hybridized carbons (Fsp3) is 0.176. The van der Waals surface area contributed by atoms with Gasteiger partial charge in [-0.1, -0.05) is 36.4 Å². The van der Waals surface area contributed by atoms with Crippen LogP contribution in [0.25, 0.3) is 0 Å². The summed E-state index contributed by atoms with van der Waals surface area (Å²) in [6.45, 7) is 3.95. The number of anilines is 1. The Kier molecular flexibility index (Phi) is 3.08. The van der Waals surface area contributed by atoms with Crippen LogP contribution in [0.15, 0.2) is 61.2 Å². The summed E-state index contributed by atoms with van der Waals surface area (Å²) in [5, 5.41) is 3.47. The van der Waals surface area contributed by atoms with Crippen molar-refractivity contribution in [3.05, 3.63) is 78.1 Å². The fourth-order valence-corrected chi connectivity index (χ4v) is 2.78. The molecule has 0 fully saturated rings. The number of halogens is 1. The molecule has 0 radical (unpaired) electrons. The van der Waals surface area contributed by atoms with Crippen LogP contribution >= 0.6 is 0 Å². The van der Waals surface area contributed by atoms with E-state index in [1.807, 2.05) is 30.3 Å². The molecule has 96 valence electrons. The maximum absolute atomic E-state index is 13.2. The Bertz CT molecular complexity index is 591. The quantitative estimate of drug-likeness (QED) is 0.811. The SMILES string of the molecule is C=C[C@@H](c1ccccc1)[C@@H]1Cc2cc(F)ccc2N1. The van der Waals surface area contributed by atoms with E-state index in [9.17, 15) is 4.39 Å². The molecule has 1 aliphatic heterocycles. The van der Waals surface area contributed by atoms with Crippen molar-refractivity contribution in [1.82, 2.24) is 0 Å². The molecule has 0 saturated heterocycles. The molecule has 0 bridgehead atoms. The topological polar surface area (TPSA) is 12.0 Å². The van der Waals surface area contributed by atoms with Gasteiger partial charge in [-0.15, -0.1) is 6.58 Å². The average Bonchev–Trinajstić information content (AvgIpc) is 2.83. The van der Waals surface area contributed by atoms with Crippen LogP contribution in [0.4, 0.5) is 10.1 Å². The second kappa shape index (κ2) is 4.88. The van der Waals surface area contributed by atoms with E-state index in [0.717, 1.165) is 17.7 Å². The Labute approximate surface area is 112 Å². The molecule has 2 heteroatoms. The third-order valence-electron chi connectivity index (χ3n) is 3.72. The number of hydrogen-bond acceptors (Lipinski definition) is 1. The van der Waals surface area contributed by atoms with Crippen molar-refractivity contribution >= 4 is 5.69 Å². The van der Waals surface area contributed by atoms with Crippen molar-refractivity contribution in [1.29, 1.82) is 0 Å². The van der Waals surface area contributed by atoms with E-state index in [-0.39, 0.29) is 17.8 Å². The molecule has 1 nitrogen and oxygen atoms in total. The fourth-order valence-electron chi connectivity index (χ4n) is 2.78. The zero-order valence-electron chi connectivity index (χ0n) is 10.6. The van der Waals surface area contributed by atoms with Crippen molar-refractivity contribution in [3.63, 3.8) is 0 Å². The highest BCUT2D eigenvalue weighted by molar-refractivity contribution is 5.58. The van der Waals surface area contributed by atoms with Crippen LogP contribution in [0.2, 0.25) is 0 Å². The van der Waals surface area contributed by atoms with Gasteiger partial charge in [0.15, 0.2) is 0 Å². The molecule has 0 saturated carbocycles. The van der Waals surface area contributed by atoms with Crippen molar-refractivity contribution < 1.29 is 4.39 Å². The van der Waals surface area contributed by atoms with E-state index < -0.39 is 0 Å². The number of rotatable bonds is 3. The molecule has 0 spiro atoms. The van der Waals surface area contributed by atoms with E-state index in [1.165, 1.54) is 11.6 Å². The summed E-state index contributed by atoms with van der Waals surface area (Å²) in [6.07, 6.45) is 2.80. The third-order valence-corrected chi connectivity index (χ3v) is 3.72. The smallest absolute Gasteiger partial charge is 0.123 e. The Morgan fingerprint density at radius 3 is 2.74 bits per heavy atom. The molecule has 19 heavy (non-hydrogen) atoms. The van der Waals surface area contributed by atoms with Crippen LogP contribution in [0, 0.1) is 5.82 Å². The van der Waals surface area contributed by atoms with Gasteiger partial charge in [-0.05, 0) is 35.7 Å². The van der Waals surface area contributed by atoms with Crippen LogP contribution in [0.3, 0.4) is 0 Å². The first-order chi connectivity index (χ1) is 9.28. The molecular formula is C17H16FN. The summed E-state index contributed by atoms with van der Waals surface area (Å²) in [7, 11) is 0. The zero-order valence-corrected chi connectivity index (χ0v) is 10.6. The van der Waals surface area contributed by atoms with Gasteiger partial charge in [0.05, 0.1) is 0 Å². The average molecular weight is 253 g/mol. The summed E-state index contributed by atoms with van der Waals surface area (Å²) in [6, 6.07) is 15.5. The minimum absolute atomic E-state index is 0.170. The van der Waals surface area contributed by atoms with E-state index >= 15 is 0 Å². The normalized spacial score (nSPS) is 18.5. The maximum Gasteiger partial charge on any atom is 0.123 e. The van der Waals surface area contributed by atoms with Gasteiger partial charge in [0, 0.05) is 17.6 Å². The summed E-state index contributed by atoms with van der Waals surface area (Å²) in [5.41, 5.74) is 3.32. The maximum atomic E-state index is 13.2. The molecule has 0 aliphatic carbocycles. The van der Waals surface area contributed by atoms with Crippen LogP contribution < -0.4 is 5.32 Å². The lowest BCUT2D eigenvalue weighted by atomic mass is 9.90. The van der Waals surface area contributed by atoms with E-state index in [2.05, 4.69) is 24.0 Å². The van der Waals surface area contributed by atoms with Crippen molar-refractivity contribution in [2.24, 2.45) is 0 Å². The van der Waals surface area contributed by atoms with Gasteiger partial charge in [0.25, 0.3) is 0 Å². The first kappa shape index (κ1) is 12.0. The number of nitrogens with one attached hydrogen (secondary N) is 1. The second-order valence-electron chi connectivity index (χ2n) is 4.93. The second-order valence-corrected chi connectivity index (χ2v) is 4.93. The van der Waals surface area contributed by atoms with Crippen LogP contribution in [0.1, 0.15) is 17.0 Å². The van der Waals surface area contributed by atoms with Gasteiger partial charge in [-0.2, -0.15) is 0 Å². The standard InChI is InChI=1S/C17H16FN/c1-2-15(12-6-4-3-5-7-12)17-11-13-10-14(18)8-9-16(13)19-17/h2-10,15,17,19H,1,11H2/t15-,17-/m0/s1. The molecule has 2 aromatic rings. The summed E-state index contributed by atoms with van der Waals surface area (Å²) in [5.74, 6) is 0.0627. The van der Waals surface area contributed by atoms with E-state index in [1.54, 1.807) is 6.07 Å². The van der Waals surface area contributed by atoms with Gasteiger partial charge in [0.1, 0.15) is 5.82 Å². The Morgan fingerprint density at radius 1 is 1.21 bits per heavy atom. The van der Waals surface area contributed by atoms with Gasteiger partial charge >= 0.3 is 0 Å². The predicted octanol–water partition coefficient (Wildman–Crippen LogP) is 4.13. The van der Waals surface area contributed by atoms with Crippen molar-refractivity contribution in [2.75, 3.05) is 5.32 Å². The first-order valence-corrected chi connectivity index (χ1v) is 6.50. The predicted molar refractivity (Wildman–Crippen MR) is 76.9 cm³/mol. The van der Waals surface area contributed by atoms with Crippen LogP contribution in [-0.4, -0.2) is 6.04 Å². The van der Waals surface area contributed by atoms with Crippen LogP contribution in [0.5, 0.6) is 0 Å². The third kappa shape index (κ3) is 2.26. The van der Waals surface area contributed by atoms with Crippen molar-refractivity contribution in [3.8, 4) is 0 Å². The molecule has 1 heterocycles. The number of fused-ring (bicyclic) bond motifs is 1. The molecule has 2 aromatic carbocycles. The summed E-state index contributed by atoms with van der Waals surface area (Å²) in [4.78, 5) is 0. The lowest BCUT2D eigenvalue weighted by Crippen LogP contribution is -2.23. The van der Waals surface area contributed by atoms with Crippen LogP contribution in [-0.2, 0) is 6.42 Å². The molecule has 0 amide bonds. The van der Waals surface area contributed by atoms with Gasteiger partial charge in [-0.25, -0.2) is 4.39 Å². The molecule has 1 aliphatic rings. The van der Waals surface area contributed by atoms with Gasteiger partial charge in [0.2, 0.25) is 0 Å². The lowest BCUT2D eigenvalue weighted by Gasteiger charge is -2.21. The minimum Gasteiger partial charge on any atom is -0.381 e. The highest BCUT2D eigenvalue weighted by Gasteiger charge is 2.27. The Balaban J connectivity index is 1.87. The monoisotopic (exact) mass is 253 g/mol. The Morgan fingerprint density at radius 2 is 2.00 bits per heavy atom. The van der Waals surface area contributed by atoms with E-state index in [4.69, 9.17) is 0 Å². The summed E-state index contributed by atoms with van der Waals surface area (Å²) >= 11 is 0. The highest BCUT2D eigenvalue weighted by atomic mass is 19.1. The molecule has 1 N–H and O–H groups in total.